The Hall–Kier alpha value is -0.910. The summed E-state index contributed by atoms with van der Waals surface area (Å²) < 4.78 is 1.27. The van der Waals surface area contributed by atoms with Crippen LogP contribution in [0.5, 0.6) is 0 Å². The van der Waals surface area contributed by atoms with Crippen LogP contribution in [0.15, 0.2) is 98.4 Å². The summed E-state index contributed by atoms with van der Waals surface area (Å²) in [6, 6.07) is 27.8. The third kappa shape index (κ3) is 4.53. The van der Waals surface area contributed by atoms with Crippen molar-refractivity contribution in [2.24, 2.45) is 0 Å². The van der Waals surface area contributed by atoms with Gasteiger partial charge in [-0.05, 0) is 83.3 Å². The fourth-order valence-corrected chi connectivity index (χ4v) is 3.85. The van der Waals surface area contributed by atoms with E-state index in [4.69, 9.17) is 0 Å². The number of hydrogen-bond donors (Lipinski definition) is 0. The zero-order valence-corrected chi connectivity index (χ0v) is 15.0. The van der Waals surface area contributed by atoms with Crippen molar-refractivity contribution in [2.45, 2.75) is 19.6 Å². The van der Waals surface area contributed by atoms with Crippen LogP contribution >= 0.6 is 46.1 Å². The highest BCUT2D eigenvalue weighted by atomic mass is 127. The highest BCUT2D eigenvalue weighted by Gasteiger charge is 2.00. The molecule has 0 unspecified atom stereocenters. The van der Waals surface area contributed by atoms with Gasteiger partial charge in [0.2, 0.25) is 0 Å². The molecule has 3 rings (SSSR count). The van der Waals surface area contributed by atoms with Gasteiger partial charge in [-0.2, -0.15) is 0 Å². The Kier molecular flexibility index (Phi) is 5.27. The Labute approximate surface area is 147 Å². The Morgan fingerprint density at radius 1 is 0.476 bits per heavy atom. The molecule has 0 aliphatic heterocycles. The van der Waals surface area contributed by atoms with Crippen LogP contribution in [0, 0.1) is 3.57 Å². The fourth-order valence-electron chi connectivity index (χ4n) is 1.84. The second-order valence-electron chi connectivity index (χ2n) is 4.44. The molecule has 3 aromatic rings. The van der Waals surface area contributed by atoms with Gasteiger partial charge in [-0.3, -0.25) is 0 Å². The van der Waals surface area contributed by atoms with Crippen LogP contribution in [-0.4, -0.2) is 0 Å². The molecule has 104 valence electrons. The molecule has 0 saturated heterocycles. The Morgan fingerprint density at radius 3 is 1.33 bits per heavy atom. The molecule has 0 nitrogen and oxygen atoms in total. The molecule has 0 heterocycles. The van der Waals surface area contributed by atoms with Gasteiger partial charge in [0.1, 0.15) is 0 Å². The molecule has 0 amide bonds. The van der Waals surface area contributed by atoms with E-state index in [0.29, 0.717) is 0 Å². The minimum absolute atomic E-state index is 1.27. The van der Waals surface area contributed by atoms with Gasteiger partial charge >= 0.3 is 0 Å². The van der Waals surface area contributed by atoms with Crippen LogP contribution in [-0.2, 0) is 0 Å². The van der Waals surface area contributed by atoms with Gasteiger partial charge < -0.3 is 0 Å². The van der Waals surface area contributed by atoms with Crippen molar-refractivity contribution in [1.29, 1.82) is 0 Å². The highest BCUT2D eigenvalue weighted by molar-refractivity contribution is 14.1. The van der Waals surface area contributed by atoms with E-state index in [0.717, 1.165) is 0 Å². The van der Waals surface area contributed by atoms with E-state index in [2.05, 4.69) is 95.4 Å². The monoisotopic (exact) mass is 420 g/mol. The lowest BCUT2D eigenvalue weighted by atomic mass is 10.4. The van der Waals surface area contributed by atoms with Gasteiger partial charge in [-0.1, -0.05) is 41.7 Å². The first-order valence-electron chi connectivity index (χ1n) is 6.56. The maximum absolute atomic E-state index is 2.33. The molecule has 3 heteroatoms. The van der Waals surface area contributed by atoms with Crippen LogP contribution in [0.25, 0.3) is 0 Å². The zero-order valence-electron chi connectivity index (χ0n) is 11.2. The molecule has 0 saturated carbocycles. The van der Waals surface area contributed by atoms with E-state index in [1.165, 1.54) is 23.2 Å². The molecule has 0 aromatic heterocycles. The topological polar surface area (TPSA) is 0 Å². The third-order valence-corrected chi connectivity index (χ3v) is 5.60. The standard InChI is InChI=1S/C18H13IS2/c19-14-6-8-16(9-7-14)21-18-12-10-17(11-13-18)20-15-4-2-1-3-5-15/h1-13H. The van der Waals surface area contributed by atoms with Crippen molar-refractivity contribution in [3.05, 3.63) is 82.4 Å². The summed E-state index contributed by atoms with van der Waals surface area (Å²) in [5, 5.41) is 0. The Bertz CT molecular complexity index is 692. The maximum Gasteiger partial charge on any atom is 0.0131 e. The molecule has 21 heavy (non-hydrogen) atoms. The van der Waals surface area contributed by atoms with Crippen molar-refractivity contribution in [1.82, 2.24) is 0 Å². The van der Waals surface area contributed by atoms with E-state index in [1.54, 1.807) is 23.5 Å². The van der Waals surface area contributed by atoms with Crippen LogP contribution in [0.2, 0.25) is 0 Å². The number of halogens is 1. The predicted octanol–water partition coefficient (Wildman–Crippen LogP) is 6.59. The second kappa shape index (κ2) is 7.38. The first-order chi connectivity index (χ1) is 10.3. The van der Waals surface area contributed by atoms with E-state index in [9.17, 15) is 0 Å². The summed E-state index contributed by atoms with van der Waals surface area (Å²) in [5.74, 6) is 0. The molecule has 0 radical (unpaired) electrons. The van der Waals surface area contributed by atoms with Crippen LogP contribution in [0.1, 0.15) is 0 Å². The minimum atomic E-state index is 1.27. The van der Waals surface area contributed by atoms with Crippen LogP contribution in [0.4, 0.5) is 0 Å². The van der Waals surface area contributed by atoms with Gasteiger partial charge in [0, 0.05) is 23.2 Å². The molecule has 3 aromatic carbocycles. The molecule has 0 bridgehead atoms. The van der Waals surface area contributed by atoms with E-state index < -0.39 is 0 Å². The van der Waals surface area contributed by atoms with E-state index in [1.807, 2.05) is 6.07 Å². The SMILES string of the molecule is Ic1ccc(Sc2ccc(Sc3ccccc3)cc2)cc1. The third-order valence-electron chi connectivity index (χ3n) is 2.85. The van der Waals surface area contributed by atoms with Crippen molar-refractivity contribution in [2.75, 3.05) is 0 Å². The summed E-state index contributed by atoms with van der Waals surface area (Å²) in [6.45, 7) is 0. The molecule has 0 aliphatic carbocycles. The number of hydrogen-bond acceptors (Lipinski definition) is 2. The molecule has 0 aliphatic rings. The van der Waals surface area contributed by atoms with Gasteiger partial charge in [-0.15, -0.1) is 0 Å². The van der Waals surface area contributed by atoms with Crippen molar-refractivity contribution in [3.63, 3.8) is 0 Å². The maximum atomic E-state index is 2.33. The summed E-state index contributed by atoms with van der Waals surface area (Å²) in [7, 11) is 0. The normalized spacial score (nSPS) is 10.5. The van der Waals surface area contributed by atoms with Crippen molar-refractivity contribution < 1.29 is 0 Å². The van der Waals surface area contributed by atoms with Crippen molar-refractivity contribution >= 4 is 46.1 Å². The van der Waals surface area contributed by atoms with Crippen LogP contribution in [0.3, 0.4) is 0 Å². The first kappa shape index (κ1) is 15.0. The van der Waals surface area contributed by atoms with Gasteiger partial charge in [0.05, 0.1) is 0 Å². The molecular weight excluding hydrogens is 407 g/mol. The quantitative estimate of drug-likeness (QED) is 0.437. The van der Waals surface area contributed by atoms with Crippen molar-refractivity contribution in [3.8, 4) is 0 Å². The zero-order chi connectivity index (χ0) is 14.5. The lowest BCUT2D eigenvalue weighted by molar-refractivity contribution is 1.33. The summed E-state index contributed by atoms with van der Waals surface area (Å²) in [6.07, 6.45) is 0. The lowest BCUT2D eigenvalue weighted by Crippen LogP contribution is -1.76. The average molecular weight is 420 g/mol. The highest BCUT2D eigenvalue weighted by Crippen LogP contribution is 2.32. The van der Waals surface area contributed by atoms with Gasteiger partial charge in [0.25, 0.3) is 0 Å². The van der Waals surface area contributed by atoms with E-state index in [-0.39, 0.29) is 0 Å². The smallest absolute Gasteiger partial charge is 0.0131 e. The largest absolute Gasteiger partial charge is 0.0901 e. The predicted molar refractivity (Wildman–Crippen MR) is 100 cm³/mol. The fraction of sp³-hybridized carbons (Fsp3) is 0. The van der Waals surface area contributed by atoms with Crippen LogP contribution < -0.4 is 0 Å². The summed E-state index contributed by atoms with van der Waals surface area (Å²) >= 11 is 5.92. The number of benzene rings is 3. The van der Waals surface area contributed by atoms with Gasteiger partial charge in [0.15, 0.2) is 0 Å². The molecule has 0 fully saturated rings. The number of rotatable bonds is 4. The van der Waals surface area contributed by atoms with E-state index >= 15 is 0 Å². The first-order valence-corrected chi connectivity index (χ1v) is 9.27. The Morgan fingerprint density at radius 2 is 0.857 bits per heavy atom. The molecule has 0 N–H and O–H groups in total. The minimum Gasteiger partial charge on any atom is -0.0901 e. The molecule has 0 spiro atoms. The average Bonchev–Trinajstić information content (AvgIpc) is 2.53. The molecule has 0 atom stereocenters. The summed E-state index contributed by atoms with van der Waals surface area (Å²) in [4.78, 5) is 5.09. The second-order valence-corrected chi connectivity index (χ2v) is 7.98. The summed E-state index contributed by atoms with van der Waals surface area (Å²) in [5.41, 5.74) is 0. The van der Waals surface area contributed by atoms with Gasteiger partial charge in [-0.25, -0.2) is 0 Å². The molecular formula is C18H13IS2. The lowest BCUT2D eigenvalue weighted by Gasteiger charge is -2.04. The Balaban J connectivity index is 1.68.